The van der Waals surface area contributed by atoms with Gasteiger partial charge in [-0.05, 0) is 61.8 Å². The number of ketones is 1. The molecule has 31 heavy (non-hydrogen) atoms. The van der Waals surface area contributed by atoms with Gasteiger partial charge in [0.2, 0.25) is 5.91 Å². The zero-order valence-electron chi connectivity index (χ0n) is 17.1. The van der Waals surface area contributed by atoms with Crippen LogP contribution in [0.1, 0.15) is 53.6 Å². The molecule has 0 saturated heterocycles. The molecule has 0 radical (unpaired) electrons. The number of nitrogens with one attached hydrogen (secondary N) is 1. The molecule has 2 aliphatic rings. The second-order valence-electron chi connectivity index (χ2n) is 8.48. The number of aromatic nitrogens is 1. The molecular formula is C23H22F4N2O2. The Hall–Kier alpha value is -2.77. The van der Waals surface area contributed by atoms with Gasteiger partial charge in [0.25, 0.3) is 5.92 Å². The number of benzene rings is 1. The highest BCUT2D eigenvalue weighted by atomic mass is 19.3. The molecule has 4 rings (SSSR count). The van der Waals surface area contributed by atoms with Crippen molar-refractivity contribution < 1.29 is 27.2 Å². The third-order valence-corrected chi connectivity index (χ3v) is 6.81. The lowest BCUT2D eigenvalue weighted by Crippen LogP contribution is -2.28. The van der Waals surface area contributed by atoms with Crippen molar-refractivity contribution >= 4 is 17.4 Å². The number of amides is 1. The van der Waals surface area contributed by atoms with Gasteiger partial charge in [-0.1, -0.05) is 6.07 Å². The van der Waals surface area contributed by atoms with Crippen molar-refractivity contribution in [1.82, 2.24) is 4.98 Å². The molecule has 0 aliphatic heterocycles. The Morgan fingerprint density at radius 2 is 1.94 bits per heavy atom. The largest absolute Gasteiger partial charge is 0.325 e. The van der Waals surface area contributed by atoms with Gasteiger partial charge in [0.05, 0.1) is 11.3 Å². The van der Waals surface area contributed by atoms with Gasteiger partial charge in [-0.2, -0.15) is 0 Å². The third-order valence-electron chi connectivity index (χ3n) is 6.81. The number of anilines is 1. The van der Waals surface area contributed by atoms with Crippen LogP contribution >= 0.6 is 0 Å². The molecule has 0 unspecified atom stereocenters. The molecule has 1 heterocycles. The van der Waals surface area contributed by atoms with Gasteiger partial charge in [-0.25, -0.2) is 17.6 Å². The number of hydrogen-bond acceptors (Lipinski definition) is 3. The fraction of sp³-hybridized carbons (Fsp3) is 0.435. The number of rotatable bonds is 4. The Bertz CT molecular complexity index is 1060. The lowest BCUT2D eigenvalue weighted by atomic mass is 9.79. The van der Waals surface area contributed by atoms with Crippen LogP contribution in [-0.4, -0.2) is 22.6 Å². The first kappa shape index (κ1) is 21.5. The number of nitrogens with zero attached hydrogens (tertiary/aromatic N) is 1. The van der Waals surface area contributed by atoms with E-state index in [2.05, 4.69) is 10.3 Å². The molecule has 2 fully saturated rings. The van der Waals surface area contributed by atoms with E-state index in [0.29, 0.717) is 5.56 Å². The summed E-state index contributed by atoms with van der Waals surface area (Å²) in [5.41, 5.74) is 0.870. The van der Waals surface area contributed by atoms with Crippen molar-refractivity contribution in [1.29, 1.82) is 0 Å². The standard InChI is InChI=1S/C23H22F4N2O2/c1-11-13(3-4-18(24)21(11)25)20-14-5-7-23(26,27)17(14)9-15(20)22(31)29-19-6-8-28-10-16(19)12(2)30/h3-4,6,8,10,14-15,17,20H,5,7,9H2,1-2H3,(H,28,29,31)/t14-,15-,17-,20-/m1/s1. The molecule has 0 spiro atoms. The zero-order valence-corrected chi connectivity index (χ0v) is 17.1. The Morgan fingerprint density at radius 3 is 2.65 bits per heavy atom. The van der Waals surface area contributed by atoms with E-state index in [0.717, 1.165) is 6.07 Å². The van der Waals surface area contributed by atoms with E-state index in [1.807, 2.05) is 0 Å². The van der Waals surface area contributed by atoms with Crippen LogP contribution in [0.25, 0.3) is 0 Å². The van der Waals surface area contributed by atoms with E-state index in [4.69, 9.17) is 0 Å². The van der Waals surface area contributed by atoms with Gasteiger partial charge in [0.15, 0.2) is 17.4 Å². The zero-order chi connectivity index (χ0) is 22.5. The smallest absolute Gasteiger partial charge is 0.251 e. The number of carbonyl (C=O) groups is 2. The van der Waals surface area contributed by atoms with Crippen LogP contribution in [0.3, 0.4) is 0 Å². The predicted molar refractivity (Wildman–Crippen MR) is 106 cm³/mol. The van der Waals surface area contributed by atoms with E-state index in [-0.39, 0.29) is 41.9 Å². The summed E-state index contributed by atoms with van der Waals surface area (Å²) >= 11 is 0. The van der Waals surface area contributed by atoms with Crippen molar-refractivity contribution in [3.05, 3.63) is 58.9 Å². The highest BCUT2D eigenvalue weighted by Crippen LogP contribution is 2.60. The maximum atomic E-state index is 14.5. The van der Waals surface area contributed by atoms with E-state index >= 15 is 0 Å². The number of fused-ring (bicyclic) bond motifs is 1. The molecule has 0 bridgehead atoms. The van der Waals surface area contributed by atoms with Gasteiger partial charge >= 0.3 is 0 Å². The summed E-state index contributed by atoms with van der Waals surface area (Å²) in [7, 11) is 0. The lowest BCUT2D eigenvalue weighted by Gasteiger charge is -2.26. The molecule has 164 valence electrons. The van der Waals surface area contributed by atoms with Gasteiger partial charge in [0, 0.05) is 30.7 Å². The second kappa shape index (κ2) is 7.73. The molecule has 1 amide bonds. The highest BCUT2D eigenvalue weighted by molar-refractivity contribution is 6.04. The number of Topliss-reactive ketones (excluding diaryl/α,β-unsaturated/α-hetero) is 1. The summed E-state index contributed by atoms with van der Waals surface area (Å²) in [6.07, 6.45) is 2.60. The Morgan fingerprint density at radius 1 is 1.19 bits per heavy atom. The van der Waals surface area contributed by atoms with Crippen molar-refractivity contribution in [3.8, 4) is 0 Å². The van der Waals surface area contributed by atoms with Crippen LogP contribution in [0.4, 0.5) is 23.2 Å². The summed E-state index contributed by atoms with van der Waals surface area (Å²) in [6, 6.07) is 3.84. The topological polar surface area (TPSA) is 59.1 Å². The van der Waals surface area contributed by atoms with Crippen LogP contribution in [0.15, 0.2) is 30.6 Å². The predicted octanol–water partition coefficient (Wildman–Crippen LogP) is 5.27. The van der Waals surface area contributed by atoms with Crippen LogP contribution in [-0.2, 0) is 4.79 Å². The van der Waals surface area contributed by atoms with Gasteiger partial charge in [-0.3, -0.25) is 14.6 Å². The SMILES string of the molecule is CC(=O)c1cnccc1NC(=O)[C@@H]1C[C@@H]2[C@@H](CCC2(F)F)[C@H]1c1ccc(F)c(F)c1C. The first-order chi connectivity index (χ1) is 14.6. The molecule has 2 aromatic rings. The molecule has 1 aromatic carbocycles. The highest BCUT2D eigenvalue weighted by Gasteiger charge is 2.60. The minimum absolute atomic E-state index is 0.0343. The van der Waals surface area contributed by atoms with Crippen LogP contribution < -0.4 is 5.32 Å². The van der Waals surface area contributed by atoms with E-state index < -0.39 is 47.1 Å². The number of carbonyl (C=O) groups excluding carboxylic acids is 2. The summed E-state index contributed by atoms with van der Waals surface area (Å²) in [4.78, 5) is 28.9. The Balaban J connectivity index is 1.72. The molecule has 2 aliphatic carbocycles. The monoisotopic (exact) mass is 434 g/mol. The minimum atomic E-state index is -2.91. The van der Waals surface area contributed by atoms with Gasteiger partial charge in [0.1, 0.15) is 0 Å². The summed E-state index contributed by atoms with van der Waals surface area (Å²) < 4.78 is 57.1. The summed E-state index contributed by atoms with van der Waals surface area (Å²) in [6.45, 7) is 2.74. The van der Waals surface area contributed by atoms with E-state index in [9.17, 15) is 27.2 Å². The maximum Gasteiger partial charge on any atom is 0.251 e. The average Bonchev–Trinajstić information content (AvgIpc) is 3.24. The van der Waals surface area contributed by atoms with Crippen molar-refractivity contribution in [2.45, 2.75) is 45.0 Å². The number of alkyl halides is 2. The normalized spacial score (nSPS) is 26.5. The van der Waals surface area contributed by atoms with Crippen molar-refractivity contribution in [2.75, 3.05) is 5.32 Å². The van der Waals surface area contributed by atoms with E-state index in [1.54, 1.807) is 0 Å². The van der Waals surface area contributed by atoms with Crippen LogP contribution in [0.2, 0.25) is 0 Å². The Labute approximate surface area is 177 Å². The van der Waals surface area contributed by atoms with Crippen LogP contribution in [0.5, 0.6) is 0 Å². The molecule has 8 heteroatoms. The number of hydrogen-bond donors (Lipinski definition) is 1. The fourth-order valence-electron chi connectivity index (χ4n) is 5.31. The molecular weight excluding hydrogens is 412 g/mol. The van der Waals surface area contributed by atoms with Gasteiger partial charge in [-0.15, -0.1) is 0 Å². The molecule has 1 aromatic heterocycles. The number of pyridine rings is 1. The first-order valence-corrected chi connectivity index (χ1v) is 10.2. The molecule has 4 nitrogen and oxygen atoms in total. The van der Waals surface area contributed by atoms with Crippen molar-refractivity contribution in [3.63, 3.8) is 0 Å². The maximum absolute atomic E-state index is 14.5. The minimum Gasteiger partial charge on any atom is -0.325 e. The molecule has 4 atom stereocenters. The fourth-order valence-corrected chi connectivity index (χ4v) is 5.31. The quantitative estimate of drug-likeness (QED) is 0.527. The van der Waals surface area contributed by atoms with E-state index in [1.165, 1.54) is 38.4 Å². The third kappa shape index (κ3) is 3.62. The first-order valence-electron chi connectivity index (χ1n) is 10.2. The molecule has 1 N–H and O–H groups in total. The summed E-state index contributed by atoms with van der Waals surface area (Å²) in [5, 5.41) is 2.68. The summed E-state index contributed by atoms with van der Waals surface area (Å²) in [5.74, 6) is -8.84. The van der Waals surface area contributed by atoms with Crippen molar-refractivity contribution in [2.24, 2.45) is 17.8 Å². The Kier molecular flexibility index (Phi) is 5.35. The number of halogens is 4. The average molecular weight is 434 g/mol. The second-order valence-corrected chi connectivity index (χ2v) is 8.48. The lowest BCUT2D eigenvalue weighted by molar-refractivity contribution is -0.120. The van der Waals surface area contributed by atoms with Gasteiger partial charge < -0.3 is 5.32 Å². The molecule has 2 saturated carbocycles. The van der Waals surface area contributed by atoms with Crippen LogP contribution in [0, 0.1) is 36.3 Å².